The van der Waals surface area contributed by atoms with Crippen molar-refractivity contribution in [3.8, 4) is 0 Å². The maximum Gasteiger partial charge on any atom is 0.356 e. The summed E-state index contributed by atoms with van der Waals surface area (Å²) in [7, 11) is 0. The summed E-state index contributed by atoms with van der Waals surface area (Å²) < 4.78 is 6.73. The molecular weight excluding hydrogens is 234 g/mol. The monoisotopic (exact) mass is 248 g/mol. The molecule has 0 saturated carbocycles. The smallest absolute Gasteiger partial charge is 0.356 e. The van der Waals surface area contributed by atoms with Gasteiger partial charge in [-0.1, -0.05) is 6.07 Å². The number of nitrogens with one attached hydrogen (secondary N) is 2. The van der Waals surface area contributed by atoms with Crippen molar-refractivity contribution in [3.05, 3.63) is 52.5 Å². The summed E-state index contributed by atoms with van der Waals surface area (Å²) in [5.74, 6) is -0.526. The molecule has 6 heteroatoms. The van der Waals surface area contributed by atoms with Gasteiger partial charge < -0.3 is 9.72 Å². The maximum atomic E-state index is 11.6. The van der Waals surface area contributed by atoms with Crippen molar-refractivity contribution in [3.63, 3.8) is 0 Å². The molecular formula is C12H14N3O3+. The quantitative estimate of drug-likeness (QED) is 0.600. The van der Waals surface area contributed by atoms with Crippen LogP contribution >= 0.6 is 0 Å². The molecule has 0 aliphatic heterocycles. The number of H-pyrrole nitrogens is 2. The highest BCUT2D eigenvalue weighted by molar-refractivity contribution is 5.88. The Bertz CT molecular complexity index is 586. The number of pyridine rings is 1. The molecule has 6 nitrogen and oxygen atoms in total. The van der Waals surface area contributed by atoms with Crippen molar-refractivity contribution in [2.24, 2.45) is 0 Å². The van der Waals surface area contributed by atoms with Crippen LogP contribution in [0.4, 0.5) is 0 Å². The standard InChI is InChI=1S/C12H13N3O3/c1-2-18-11(16)10-9(13-12(17)14-10)8-15-6-4-3-5-7-15/h3-7H,2,8H2,1H3,(H-,13,14,16,17)/p+1. The van der Waals surface area contributed by atoms with E-state index < -0.39 is 11.7 Å². The Morgan fingerprint density at radius 1 is 1.28 bits per heavy atom. The van der Waals surface area contributed by atoms with Crippen LogP contribution in [0.25, 0.3) is 0 Å². The average molecular weight is 248 g/mol. The molecule has 2 aromatic heterocycles. The van der Waals surface area contributed by atoms with Crippen molar-refractivity contribution < 1.29 is 14.1 Å². The van der Waals surface area contributed by atoms with Crippen LogP contribution in [0.15, 0.2) is 35.4 Å². The molecule has 2 heterocycles. The molecule has 0 fully saturated rings. The topological polar surface area (TPSA) is 78.8 Å². The van der Waals surface area contributed by atoms with Gasteiger partial charge in [0.15, 0.2) is 24.6 Å². The van der Waals surface area contributed by atoms with Gasteiger partial charge in [-0.25, -0.2) is 9.59 Å². The zero-order valence-electron chi connectivity index (χ0n) is 9.97. The minimum atomic E-state index is -0.526. The molecule has 2 rings (SSSR count). The predicted octanol–water partition coefficient (Wildman–Crippen LogP) is 0.216. The van der Waals surface area contributed by atoms with Gasteiger partial charge in [0.05, 0.1) is 6.61 Å². The fourth-order valence-electron chi connectivity index (χ4n) is 1.64. The average Bonchev–Trinajstić information content (AvgIpc) is 2.72. The van der Waals surface area contributed by atoms with E-state index in [-0.39, 0.29) is 12.3 Å². The van der Waals surface area contributed by atoms with E-state index in [1.807, 2.05) is 35.2 Å². The molecule has 0 unspecified atom stereocenters. The van der Waals surface area contributed by atoms with Crippen LogP contribution in [0, 0.1) is 0 Å². The van der Waals surface area contributed by atoms with Crippen molar-refractivity contribution >= 4 is 5.97 Å². The minimum Gasteiger partial charge on any atom is -0.461 e. The number of aromatic nitrogens is 3. The third-order valence-corrected chi connectivity index (χ3v) is 2.40. The van der Waals surface area contributed by atoms with Gasteiger partial charge in [-0.3, -0.25) is 4.98 Å². The number of aromatic amines is 2. The van der Waals surface area contributed by atoms with E-state index in [1.165, 1.54) is 0 Å². The number of hydrogen-bond donors (Lipinski definition) is 2. The maximum absolute atomic E-state index is 11.6. The Hall–Kier alpha value is -2.37. The van der Waals surface area contributed by atoms with Crippen molar-refractivity contribution in [2.45, 2.75) is 13.5 Å². The molecule has 0 spiro atoms. The molecule has 0 amide bonds. The normalized spacial score (nSPS) is 10.3. The van der Waals surface area contributed by atoms with Crippen LogP contribution in [-0.4, -0.2) is 22.5 Å². The molecule has 0 atom stereocenters. The number of rotatable bonds is 4. The van der Waals surface area contributed by atoms with Crippen molar-refractivity contribution in [1.29, 1.82) is 0 Å². The van der Waals surface area contributed by atoms with Gasteiger partial charge in [-0.05, 0) is 6.92 Å². The number of hydrogen-bond acceptors (Lipinski definition) is 3. The number of carbonyl (C=O) groups is 1. The molecule has 2 aromatic rings. The molecule has 0 radical (unpaired) electrons. The lowest BCUT2D eigenvalue weighted by Crippen LogP contribution is -2.34. The lowest BCUT2D eigenvalue weighted by Gasteiger charge is -2.00. The molecule has 0 aromatic carbocycles. The van der Waals surface area contributed by atoms with Gasteiger partial charge in [0.25, 0.3) is 0 Å². The highest BCUT2D eigenvalue weighted by atomic mass is 16.5. The molecule has 2 N–H and O–H groups in total. The van der Waals surface area contributed by atoms with Crippen LogP contribution in [0.1, 0.15) is 23.1 Å². The number of carbonyl (C=O) groups excluding carboxylic acids is 1. The summed E-state index contributed by atoms with van der Waals surface area (Å²) in [6.07, 6.45) is 3.69. The Kier molecular flexibility index (Phi) is 3.57. The van der Waals surface area contributed by atoms with E-state index in [4.69, 9.17) is 4.74 Å². The van der Waals surface area contributed by atoms with E-state index in [2.05, 4.69) is 9.97 Å². The predicted molar refractivity (Wildman–Crippen MR) is 63.1 cm³/mol. The number of ether oxygens (including phenoxy) is 1. The van der Waals surface area contributed by atoms with Gasteiger partial charge >= 0.3 is 11.7 Å². The summed E-state index contributed by atoms with van der Waals surface area (Å²) in [5.41, 5.74) is 0.275. The van der Waals surface area contributed by atoms with E-state index in [0.29, 0.717) is 12.2 Å². The Labute approximate surface area is 103 Å². The van der Waals surface area contributed by atoms with Gasteiger partial charge in [0.1, 0.15) is 5.69 Å². The third kappa shape index (κ3) is 2.65. The molecule has 0 saturated heterocycles. The van der Waals surface area contributed by atoms with Gasteiger partial charge in [0.2, 0.25) is 0 Å². The first kappa shape index (κ1) is 12.1. The SMILES string of the molecule is CCOC(=O)c1[nH]c(=O)[nH]c1C[n+]1ccccc1. The lowest BCUT2D eigenvalue weighted by molar-refractivity contribution is -0.688. The fraction of sp³-hybridized carbons (Fsp3) is 0.250. The molecule has 0 bridgehead atoms. The second kappa shape index (κ2) is 5.31. The first-order valence-electron chi connectivity index (χ1n) is 5.63. The summed E-state index contributed by atoms with van der Waals surface area (Å²) in [5, 5.41) is 0. The largest absolute Gasteiger partial charge is 0.461 e. The van der Waals surface area contributed by atoms with Crippen LogP contribution in [0.2, 0.25) is 0 Å². The Morgan fingerprint density at radius 2 is 2.00 bits per heavy atom. The number of nitrogens with zero attached hydrogens (tertiary/aromatic N) is 1. The van der Waals surface area contributed by atoms with E-state index >= 15 is 0 Å². The first-order chi connectivity index (χ1) is 8.70. The van der Waals surface area contributed by atoms with Crippen LogP contribution in [-0.2, 0) is 11.3 Å². The summed E-state index contributed by atoms with van der Waals surface area (Å²) in [4.78, 5) is 28.0. The van der Waals surface area contributed by atoms with E-state index in [9.17, 15) is 9.59 Å². The van der Waals surface area contributed by atoms with Gasteiger partial charge in [0, 0.05) is 12.1 Å². The van der Waals surface area contributed by atoms with Gasteiger partial charge in [-0.2, -0.15) is 4.57 Å². The van der Waals surface area contributed by atoms with Gasteiger partial charge in [-0.15, -0.1) is 0 Å². The third-order valence-electron chi connectivity index (χ3n) is 2.40. The van der Waals surface area contributed by atoms with Crippen LogP contribution in [0.3, 0.4) is 0 Å². The molecule has 18 heavy (non-hydrogen) atoms. The Morgan fingerprint density at radius 3 is 2.67 bits per heavy atom. The summed E-state index contributed by atoms with van der Waals surface area (Å²) in [6.45, 7) is 2.38. The molecule has 0 aliphatic rings. The summed E-state index contributed by atoms with van der Waals surface area (Å²) >= 11 is 0. The second-order valence-corrected chi connectivity index (χ2v) is 3.70. The number of esters is 1. The van der Waals surface area contributed by atoms with Crippen molar-refractivity contribution in [2.75, 3.05) is 6.61 Å². The second-order valence-electron chi connectivity index (χ2n) is 3.70. The Balaban J connectivity index is 2.28. The minimum absolute atomic E-state index is 0.179. The zero-order chi connectivity index (χ0) is 13.0. The van der Waals surface area contributed by atoms with Crippen LogP contribution in [0.5, 0.6) is 0 Å². The number of imidazole rings is 1. The van der Waals surface area contributed by atoms with Crippen LogP contribution < -0.4 is 10.3 Å². The zero-order valence-corrected chi connectivity index (χ0v) is 9.97. The summed E-state index contributed by atoms with van der Waals surface area (Å²) in [6, 6.07) is 5.63. The fourth-order valence-corrected chi connectivity index (χ4v) is 1.64. The van der Waals surface area contributed by atoms with E-state index in [1.54, 1.807) is 6.92 Å². The lowest BCUT2D eigenvalue weighted by atomic mass is 10.3. The molecule has 94 valence electrons. The molecule has 0 aliphatic carbocycles. The first-order valence-corrected chi connectivity index (χ1v) is 5.63. The highest BCUT2D eigenvalue weighted by Gasteiger charge is 2.19. The van der Waals surface area contributed by atoms with E-state index in [0.717, 1.165) is 0 Å². The highest BCUT2D eigenvalue weighted by Crippen LogP contribution is 2.02. The van der Waals surface area contributed by atoms with Crippen molar-refractivity contribution in [1.82, 2.24) is 9.97 Å².